The van der Waals surface area contributed by atoms with Crippen LogP contribution in [0.1, 0.15) is 26.3 Å². The number of aromatic amines is 1. The van der Waals surface area contributed by atoms with Crippen molar-refractivity contribution in [3.05, 3.63) is 40.5 Å². The zero-order valence-corrected chi connectivity index (χ0v) is 12.5. The van der Waals surface area contributed by atoms with Crippen molar-refractivity contribution < 1.29 is 0 Å². The lowest BCUT2D eigenvalue weighted by molar-refractivity contribution is 0.424. The highest BCUT2D eigenvalue weighted by molar-refractivity contribution is 9.10. The van der Waals surface area contributed by atoms with Gasteiger partial charge in [0.2, 0.25) is 0 Å². The van der Waals surface area contributed by atoms with Gasteiger partial charge in [-0.05, 0) is 38.5 Å². The highest BCUT2D eigenvalue weighted by Crippen LogP contribution is 2.23. The predicted molar refractivity (Wildman–Crippen MR) is 78.3 cm³/mol. The minimum atomic E-state index is 0.105. The summed E-state index contributed by atoms with van der Waals surface area (Å²) in [5.74, 6) is 0. The van der Waals surface area contributed by atoms with Gasteiger partial charge in [-0.3, -0.25) is 5.10 Å². The zero-order valence-electron chi connectivity index (χ0n) is 10.9. The Hall–Kier alpha value is -1.13. The first-order valence-corrected chi connectivity index (χ1v) is 6.78. The number of aromatic nitrogens is 2. The summed E-state index contributed by atoms with van der Waals surface area (Å²) >= 11 is 3.45. The molecule has 0 saturated carbocycles. The maximum Gasteiger partial charge on any atom is 0.0695 e. The fraction of sp³-hybridized carbons (Fsp3) is 0.357. The van der Waals surface area contributed by atoms with Gasteiger partial charge < -0.3 is 5.32 Å². The van der Waals surface area contributed by atoms with E-state index in [4.69, 9.17) is 0 Å². The van der Waals surface area contributed by atoms with E-state index in [-0.39, 0.29) is 5.54 Å². The average Bonchev–Trinajstić information content (AvgIpc) is 2.75. The number of benzene rings is 1. The Bertz CT molecular complexity index is 509. The molecule has 0 saturated heterocycles. The second-order valence-electron chi connectivity index (χ2n) is 5.38. The molecule has 0 aliphatic heterocycles. The summed E-state index contributed by atoms with van der Waals surface area (Å²) < 4.78 is 1.08. The molecule has 2 N–H and O–H groups in total. The molecule has 0 aliphatic carbocycles. The van der Waals surface area contributed by atoms with Gasteiger partial charge in [0, 0.05) is 22.1 Å². The monoisotopic (exact) mass is 307 g/mol. The molecule has 0 radical (unpaired) electrons. The highest BCUT2D eigenvalue weighted by Gasteiger charge is 2.12. The van der Waals surface area contributed by atoms with Gasteiger partial charge in [-0.15, -0.1) is 0 Å². The maximum atomic E-state index is 4.14. The molecule has 1 heterocycles. The van der Waals surface area contributed by atoms with Gasteiger partial charge in [-0.1, -0.05) is 28.1 Å². The van der Waals surface area contributed by atoms with E-state index in [0.717, 1.165) is 22.3 Å². The van der Waals surface area contributed by atoms with Crippen molar-refractivity contribution >= 4 is 15.9 Å². The Balaban J connectivity index is 2.20. The SMILES string of the molecule is CC(C)(C)NCc1cn[nH]c1-c1ccc(Br)cc1. The van der Waals surface area contributed by atoms with E-state index in [9.17, 15) is 0 Å². The van der Waals surface area contributed by atoms with Crippen LogP contribution in [0.3, 0.4) is 0 Å². The molecule has 0 bridgehead atoms. The third kappa shape index (κ3) is 3.43. The molecule has 96 valence electrons. The van der Waals surface area contributed by atoms with E-state index in [1.807, 2.05) is 18.3 Å². The second kappa shape index (κ2) is 5.24. The van der Waals surface area contributed by atoms with E-state index in [1.54, 1.807) is 0 Å². The molecule has 3 nitrogen and oxygen atoms in total. The molecule has 0 amide bonds. The standard InChI is InChI=1S/C14H18BrN3/c1-14(2,3)16-8-11-9-17-18-13(11)10-4-6-12(15)7-5-10/h4-7,9,16H,8H2,1-3H3,(H,17,18). The number of nitrogens with zero attached hydrogens (tertiary/aromatic N) is 1. The van der Waals surface area contributed by atoms with Crippen LogP contribution in [0.2, 0.25) is 0 Å². The average molecular weight is 308 g/mol. The molecule has 0 atom stereocenters. The maximum absolute atomic E-state index is 4.14. The summed E-state index contributed by atoms with van der Waals surface area (Å²) in [5.41, 5.74) is 3.53. The van der Waals surface area contributed by atoms with E-state index >= 15 is 0 Å². The zero-order chi connectivity index (χ0) is 13.2. The normalized spacial score (nSPS) is 11.8. The van der Waals surface area contributed by atoms with Crippen molar-refractivity contribution in [2.45, 2.75) is 32.9 Å². The fourth-order valence-corrected chi connectivity index (χ4v) is 1.94. The Kier molecular flexibility index (Phi) is 3.88. The van der Waals surface area contributed by atoms with Crippen LogP contribution >= 0.6 is 15.9 Å². The molecule has 2 rings (SSSR count). The smallest absolute Gasteiger partial charge is 0.0695 e. The number of H-pyrrole nitrogens is 1. The first kappa shape index (κ1) is 13.3. The molecular weight excluding hydrogens is 290 g/mol. The molecule has 2 aromatic rings. The van der Waals surface area contributed by atoms with Crippen LogP contribution in [0.5, 0.6) is 0 Å². The summed E-state index contributed by atoms with van der Waals surface area (Å²) in [6.45, 7) is 7.29. The molecule has 4 heteroatoms. The summed E-state index contributed by atoms with van der Waals surface area (Å²) in [6, 6.07) is 8.24. The minimum Gasteiger partial charge on any atom is -0.308 e. The minimum absolute atomic E-state index is 0.105. The molecule has 18 heavy (non-hydrogen) atoms. The van der Waals surface area contributed by atoms with Crippen molar-refractivity contribution in [3.63, 3.8) is 0 Å². The van der Waals surface area contributed by atoms with Crippen molar-refractivity contribution in [3.8, 4) is 11.3 Å². The third-order valence-electron chi connectivity index (χ3n) is 2.66. The molecular formula is C14H18BrN3. The lowest BCUT2D eigenvalue weighted by atomic mass is 10.1. The molecule has 0 spiro atoms. The fourth-order valence-electron chi connectivity index (χ4n) is 1.67. The van der Waals surface area contributed by atoms with Crippen LogP contribution in [0.15, 0.2) is 34.9 Å². The van der Waals surface area contributed by atoms with Gasteiger partial charge >= 0.3 is 0 Å². The molecule has 0 aliphatic rings. The summed E-state index contributed by atoms with van der Waals surface area (Å²) in [4.78, 5) is 0. The molecule has 0 unspecified atom stereocenters. The quantitative estimate of drug-likeness (QED) is 0.907. The largest absolute Gasteiger partial charge is 0.308 e. The van der Waals surface area contributed by atoms with Gasteiger partial charge in [-0.2, -0.15) is 5.10 Å². The van der Waals surface area contributed by atoms with Crippen LogP contribution in [-0.2, 0) is 6.54 Å². The van der Waals surface area contributed by atoms with E-state index in [1.165, 1.54) is 5.56 Å². The number of nitrogens with one attached hydrogen (secondary N) is 2. The Morgan fingerprint density at radius 3 is 2.50 bits per heavy atom. The molecule has 1 aromatic carbocycles. The summed E-state index contributed by atoms with van der Waals surface area (Å²) in [5, 5.41) is 10.7. The Morgan fingerprint density at radius 2 is 1.89 bits per heavy atom. The van der Waals surface area contributed by atoms with Crippen molar-refractivity contribution in [2.75, 3.05) is 0 Å². The lowest BCUT2D eigenvalue weighted by Crippen LogP contribution is -2.35. The Labute approximate surface area is 116 Å². The number of hydrogen-bond donors (Lipinski definition) is 2. The first-order valence-electron chi connectivity index (χ1n) is 5.99. The highest BCUT2D eigenvalue weighted by atomic mass is 79.9. The van der Waals surface area contributed by atoms with Gasteiger partial charge in [-0.25, -0.2) is 0 Å². The van der Waals surface area contributed by atoms with Gasteiger partial charge in [0.1, 0.15) is 0 Å². The number of halogens is 1. The van der Waals surface area contributed by atoms with Crippen LogP contribution in [0.25, 0.3) is 11.3 Å². The lowest BCUT2D eigenvalue weighted by Gasteiger charge is -2.20. The van der Waals surface area contributed by atoms with E-state index in [2.05, 4.69) is 64.3 Å². The van der Waals surface area contributed by atoms with Gasteiger partial charge in [0.05, 0.1) is 11.9 Å². The molecule has 1 aromatic heterocycles. The van der Waals surface area contributed by atoms with E-state index in [0.29, 0.717) is 0 Å². The van der Waals surface area contributed by atoms with E-state index < -0.39 is 0 Å². The summed E-state index contributed by atoms with van der Waals surface area (Å²) in [7, 11) is 0. The van der Waals surface area contributed by atoms with Crippen LogP contribution < -0.4 is 5.32 Å². The molecule has 0 fully saturated rings. The number of rotatable bonds is 3. The third-order valence-corrected chi connectivity index (χ3v) is 3.19. The topological polar surface area (TPSA) is 40.7 Å². The number of hydrogen-bond acceptors (Lipinski definition) is 2. The van der Waals surface area contributed by atoms with Crippen LogP contribution in [0, 0.1) is 0 Å². The van der Waals surface area contributed by atoms with Crippen molar-refractivity contribution in [1.29, 1.82) is 0 Å². The Morgan fingerprint density at radius 1 is 1.22 bits per heavy atom. The van der Waals surface area contributed by atoms with Gasteiger partial charge in [0.25, 0.3) is 0 Å². The van der Waals surface area contributed by atoms with Crippen molar-refractivity contribution in [1.82, 2.24) is 15.5 Å². The van der Waals surface area contributed by atoms with Crippen LogP contribution in [-0.4, -0.2) is 15.7 Å². The summed E-state index contributed by atoms with van der Waals surface area (Å²) in [6.07, 6.45) is 1.89. The van der Waals surface area contributed by atoms with Crippen LogP contribution in [0.4, 0.5) is 0 Å². The van der Waals surface area contributed by atoms with Crippen molar-refractivity contribution in [2.24, 2.45) is 0 Å². The first-order chi connectivity index (χ1) is 8.46. The predicted octanol–water partition coefficient (Wildman–Crippen LogP) is 3.73. The van der Waals surface area contributed by atoms with Gasteiger partial charge in [0.15, 0.2) is 0 Å². The second-order valence-corrected chi connectivity index (χ2v) is 6.30.